The van der Waals surface area contributed by atoms with Crippen molar-refractivity contribution in [3.63, 3.8) is 0 Å². The SMILES string of the molecule is COc1cc(-c2cc3n(n2)CCC3NC(=O)c2cnc(C(F)(F)F)cn2)c(F)cn1. The molecule has 0 aliphatic carbocycles. The lowest BCUT2D eigenvalue weighted by Crippen LogP contribution is -2.28. The van der Waals surface area contributed by atoms with Crippen molar-refractivity contribution in [3.8, 4) is 17.1 Å². The van der Waals surface area contributed by atoms with Gasteiger partial charge >= 0.3 is 6.18 Å². The van der Waals surface area contributed by atoms with E-state index < -0.39 is 29.6 Å². The van der Waals surface area contributed by atoms with Crippen molar-refractivity contribution in [1.82, 2.24) is 30.0 Å². The Morgan fingerprint density at radius 3 is 2.67 bits per heavy atom. The monoisotopic (exact) mass is 422 g/mol. The van der Waals surface area contributed by atoms with Crippen molar-refractivity contribution >= 4 is 5.91 Å². The molecule has 1 N–H and O–H groups in total. The fourth-order valence-electron chi connectivity index (χ4n) is 3.12. The largest absolute Gasteiger partial charge is 0.481 e. The van der Waals surface area contributed by atoms with Gasteiger partial charge in [-0.3, -0.25) is 9.48 Å². The number of rotatable bonds is 4. The normalized spacial score (nSPS) is 15.7. The average molecular weight is 422 g/mol. The molecule has 0 bridgehead atoms. The van der Waals surface area contributed by atoms with Crippen LogP contribution in [0.4, 0.5) is 17.6 Å². The van der Waals surface area contributed by atoms with Crippen LogP contribution in [0, 0.1) is 5.82 Å². The number of hydrogen-bond acceptors (Lipinski definition) is 6. The molecule has 1 amide bonds. The van der Waals surface area contributed by atoms with E-state index in [0.717, 1.165) is 12.4 Å². The van der Waals surface area contributed by atoms with E-state index in [1.807, 2.05) is 0 Å². The number of nitrogens with zero attached hydrogens (tertiary/aromatic N) is 5. The zero-order valence-electron chi connectivity index (χ0n) is 15.4. The quantitative estimate of drug-likeness (QED) is 0.650. The number of carbonyl (C=O) groups excluding carboxylic acids is 1. The van der Waals surface area contributed by atoms with Crippen LogP contribution in [0.15, 0.2) is 30.7 Å². The molecule has 4 rings (SSSR count). The summed E-state index contributed by atoms with van der Waals surface area (Å²) in [4.78, 5) is 22.9. The van der Waals surface area contributed by atoms with E-state index in [1.165, 1.54) is 13.2 Å². The van der Waals surface area contributed by atoms with Crippen LogP contribution in [-0.2, 0) is 12.7 Å². The third-order valence-electron chi connectivity index (χ3n) is 4.59. The number of hydrogen-bond donors (Lipinski definition) is 1. The van der Waals surface area contributed by atoms with Crippen molar-refractivity contribution in [2.24, 2.45) is 0 Å². The molecule has 1 atom stereocenters. The number of amides is 1. The fraction of sp³-hybridized carbons (Fsp3) is 0.278. The smallest absolute Gasteiger partial charge is 0.434 e. The predicted molar refractivity (Wildman–Crippen MR) is 93.8 cm³/mol. The fourth-order valence-corrected chi connectivity index (χ4v) is 3.12. The van der Waals surface area contributed by atoms with Crippen LogP contribution in [0.2, 0.25) is 0 Å². The number of carbonyl (C=O) groups is 1. The summed E-state index contributed by atoms with van der Waals surface area (Å²) in [7, 11) is 1.41. The molecule has 0 fully saturated rings. The van der Waals surface area contributed by atoms with Gasteiger partial charge in [0.1, 0.15) is 5.69 Å². The second kappa shape index (κ2) is 7.35. The molecule has 156 valence electrons. The van der Waals surface area contributed by atoms with Gasteiger partial charge in [0.05, 0.1) is 43.1 Å². The lowest BCUT2D eigenvalue weighted by molar-refractivity contribution is -0.141. The highest BCUT2D eigenvalue weighted by Gasteiger charge is 2.33. The minimum absolute atomic E-state index is 0.197. The molecule has 1 unspecified atom stereocenters. The number of alkyl halides is 3. The first-order valence-corrected chi connectivity index (χ1v) is 8.74. The second-order valence-electron chi connectivity index (χ2n) is 6.48. The Labute approximate surface area is 166 Å². The van der Waals surface area contributed by atoms with E-state index in [0.29, 0.717) is 30.6 Å². The number of aromatic nitrogens is 5. The maximum absolute atomic E-state index is 14.2. The van der Waals surface area contributed by atoms with E-state index >= 15 is 0 Å². The summed E-state index contributed by atoms with van der Waals surface area (Å²) in [5.41, 5.74) is -0.254. The summed E-state index contributed by atoms with van der Waals surface area (Å²) in [6.45, 7) is 0.475. The highest BCUT2D eigenvalue weighted by atomic mass is 19.4. The number of halogens is 4. The first kappa shape index (κ1) is 19.7. The van der Waals surface area contributed by atoms with Gasteiger partial charge in [-0.15, -0.1) is 0 Å². The molecule has 8 nitrogen and oxygen atoms in total. The molecule has 30 heavy (non-hydrogen) atoms. The van der Waals surface area contributed by atoms with Crippen molar-refractivity contribution in [3.05, 3.63) is 53.6 Å². The van der Waals surface area contributed by atoms with E-state index in [-0.39, 0.29) is 17.1 Å². The molecule has 12 heteroatoms. The number of aryl methyl sites for hydroxylation is 1. The first-order valence-electron chi connectivity index (χ1n) is 8.74. The van der Waals surface area contributed by atoms with Gasteiger partial charge in [0.25, 0.3) is 5.91 Å². The Morgan fingerprint density at radius 1 is 1.20 bits per heavy atom. The van der Waals surface area contributed by atoms with E-state index in [1.54, 1.807) is 10.7 Å². The average Bonchev–Trinajstić information content (AvgIpc) is 3.29. The molecule has 0 spiro atoms. The summed E-state index contributed by atoms with van der Waals surface area (Å²) >= 11 is 0. The molecule has 0 saturated carbocycles. The number of ether oxygens (including phenoxy) is 1. The zero-order chi connectivity index (χ0) is 21.5. The van der Waals surface area contributed by atoms with Crippen LogP contribution in [0.5, 0.6) is 5.88 Å². The van der Waals surface area contributed by atoms with Gasteiger partial charge in [-0.2, -0.15) is 18.3 Å². The lowest BCUT2D eigenvalue weighted by Gasteiger charge is -2.12. The maximum Gasteiger partial charge on any atom is 0.434 e. The molecule has 3 aromatic rings. The Hall–Kier alpha value is -3.57. The van der Waals surface area contributed by atoms with Crippen LogP contribution in [0.3, 0.4) is 0 Å². The molecular formula is C18H14F4N6O2. The summed E-state index contributed by atoms with van der Waals surface area (Å²) < 4.78 is 58.5. The predicted octanol–water partition coefficient (Wildman–Crippen LogP) is 2.78. The Balaban J connectivity index is 1.53. The zero-order valence-corrected chi connectivity index (χ0v) is 15.4. The van der Waals surface area contributed by atoms with Gasteiger partial charge in [0.2, 0.25) is 5.88 Å². The number of nitrogens with one attached hydrogen (secondary N) is 1. The summed E-state index contributed by atoms with van der Waals surface area (Å²) in [6, 6.07) is 2.59. The van der Waals surface area contributed by atoms with Gasteiger partial charge in [0.15, 0.2) is 11.5 Å². The van der Waals surface area contributed by atoms with Gasteiger partial charge in [-0.25, -0.2) is 19.3 Å². The summed E-state index contributed by atoms with van der Waals surface area (Å²) in [6.07, 6.45) is -1.81. The number of fused-ring (bicyclic) bond motifs is 1. The van der Waals surface area contributed by atoms with Gasteiger partial charge in [-0.05, 0) is 12.5 Å². The third-order valence-corrected chi connectivity index (χ3v) is 4.59. The van der Waals surface area contributed by atoms with Crippen LogP contribution >= 0.6 is 0 Å². The molecular weight excluding hydrogens is 408 g/mol. The molecule has 1 aliphatic rings. The van der Waals surface area contributed by atoms with E-state index in [9.17, 15) is 22.4 Å². The van der Waals surface area contributed by atoms with Crippen LogP contribution in [0.1, 0.15) is 34.3 Å². The molecule has 1 aliphatic heterocycles. The van der Waals surface area contributed by atoms with Gasteiger partial charge < -0.3 is 10.1 Å². The minimum Gasteiger partial charge on any atom is -0.481 e. The number of pyridine rings is 1. The van der Waals surface area contributed by atoms with Crippen LogP contribution < -0.4 is 10.1 Å². The number of methoxy groups -OCH3 is 1. The van der Waals surface area contributed by atoms with Crippen molar-refractivity contribution in [1.29, 1.82) is 0 Å². The van der Waals surface area contributed by atoms with Crippen LogP contribution in [-0.4, -0.2) is 37.7 Å². The molecule has 0 saturated heterocycles. The van der Waals surface area contributed by atoms with Crippen molar-refractivity contribution < 1.29 is 27.1 Å². The standard InChI is InChI=1S/C18H14F4N6O2/c1-30-16-4-9(10(19)6-25-16)12-5-14-11(2-3-28(14)27-12)26-17(29)13-7-24-15(8-23-13)18(20,21)22/h4-8,11H,2-3H2,1H3,(H,26,29). The second-order valence-corrected chi connectivity index (χ2v) is 6.48. The maximum atomic E-state index is 14.2. The Kier molecular flexibility index (Phi) is 4.84. The Bertz CT molecular complexity index is 1100. The molecule has 4 heterocycles. The lowest BCUT2D eigenvalue weighted by atomic mass is 10.1. The summed E-state index contributed by atoms with van der Waals surface area (Å²) in [5.74, 6) is -1.02. The molecule has 0 aromatic carbocycles. The Morgan fingerprint density at radius 2 is 2.00 bits per heavy atom. The van der Waals surface area contributed by atoms with Crippen molar-refractivity contribution in [2.75, 3.05) is 7.11 Å². The molecule has 3 aromatic heterocycles. The highest BCUT2D eigenvalue weighted by molar-refractivity contribution is 5.92. The molecule has 0 radical (unpaired) electrons. The highest BCUT2D eigenvalue weighted by Crippen LogP contribution is 2.32. The van der Waals surface area contributed by atoms with E-state index in [2.05, 4.69) is 25.4 Å². The van der Waals surface area contributed by atoms with Crippen molar-refractivity contribution in [2.45, 2.75) is 25.2 Å². The third kappa shape index (κ3) is 3.67. The first-order chi connectivity index (χ1) is 14.3. The van der Waals surface area contributed by atoms with Gasteiger partial charge in [-0.1, -0.05) is 0 Å². The summed E-state index contributed by atoms with van der Waals surface area (Å²) in [5, 5.41) is 7.05. The van der Waals surface area contributed by atoms with Crippen LogP contribution in [0.25, 0.3) is 11.3 Å². The topological polar surface area (TPSA) is 94.8 Å². The van der Waals surface area contributed by atoms with Gasteiger partial charge in [0, 0.05) is 18.2 Å². The van der Waals surface area contributed by atoms with E-state index in [4.69, 9.17) is 4.74 Å². The minimum atomic E-state index is -4.64.